The van der Waals surface area contributed by atoms with E-state index in [4.69, 9.17) is 9.47 Å². The summed E-state index contributed by atoms with van der Waals surface area (Å²) in [6.07, 6.45) is -0.245. The molecule has 0 fully saturated rings. The van der Waals surface area contributed by atoms with Crippen LogP contribution in [0.4, 0.5) is 4.79 Å². The van der Waals surface area contributed by atoms with Crippen LogP contribution in [0.1, 0.15) is 31.9 Å². The number of nitrogens with one attached hydrogen (secondary N) is 2. The first kappa shape index (κ1) is 19.0. The Morgan fingerprint density at radius 3 is 2.43 bits per heavy atom. The number of methoxy groups -OCH3 is 1. The van der Waals surface area contributed by atoms with Crippen molar-refractivity contribution in [3.63, 3.8) is 0 Å². The van der Waals surface area contributed by atoms with Gasteiger partial charge in [-0.05, 0) is 38.8 Å². The van der Waals surface area contributed by atoms with E-state index in [0.29, 0.717) is 6.42 Å². The highest BCUT2D eigenvalue weighted by Crippen LogP contribution is 2.11. The second-order valence-electron chi connectivity index (χ2n) is 6.30. The lowest BCUT2D eigenvalue weighted by Gasteiger charge is -2.23. The van der Waals surface area contributed by atoms with Gasteiger partial charge in [0.15, 0.2) is 0 Å². The van der Waals surface area contributed by atoms with Crippen molar-refractivity contribution >= 4 is 12.0 Å². The Morgan fingerprint density at radius 1 is 1.22 bits per heavy atom. The number of benzene rings is 1. The smallest absolute Gasteiger partial charge is 0.408 e. The molecule has 0 saturated heterocycles. The Balaban J connectivity index is 2.82. The molecule has 0 unspecified atom stereocenters. The number of rotatable bonds is 6. The summed E-state index contributed by atoms with van der Waals surface area (Å²) in [6, 6.07) is 7.00. The largest absolute Gasteiger partial charge is 0.444 e. The molecular formula is C17H26N2O4. The average Bonchev–Trinajstić information content (AvgIpc) is 2.44. The van der Waals surface area contributed by atoms with Crippen LogP contribution in [0.25, 0.3) is 0 Å². The van der Waals surface area contributed by atoms with Crippen LogP contribution in [0.15, 0.2) is 24.3 Å². The summed E-state index contributed by atoms with van der Waals surface area (Å²) in [5.74, 6) is -0.319. The van der Waals surface area contributed by atoms with E-state index in [1.807, 2.05) is 31.2 Å². The van der Waals surface area contributed by atoms with Gasteiger partial charge >= 0.3 is 6.09 Å². The van der Waals surface area contributed by atoms with Crippen LogP contribution in [-0.2, 0) is 20.7 Å². The van der Waals surface area contributed by atoms with Gasteiger partial charge in [-0.15, -0.1) is 0 Å². The predicted molar refractivity (Wildman–Crippen MR) is 88.1 cm³/mol. The van der Waals surface area contributed by atoms with Crippen molar-refractivity contribution in [2.75, 3.05) is 13.8 Å². The van der Waals surface area contributed by atoms with E-state index in [0.717, 1.165) is 11.1 Å². The van der Waals surface area contributed by atoms with Gasteiger partial charge in [-0.25, -0.2) is 4.79 Å². The van der Waals surface area contributed by atoms with E-state index in [-0.39, 0.29) is 12.6 Å². The predicted octanol–water partition coefficient (Wildman–Crippen LogP) is 2.15. The summed E-state index contributed by atoms with van der Waals surface area (Å²) < 4.78 is 10.1. The van der Waals surface area contributed by atoms with E-state index >= 15 is 0 Å². The van der Waals surface area contributed by atoms with Crippen molar-refractivity contribution in [1.82, 2.24) is 10.6 Å². The molecule has 128 valence electrons. The van der Waals surface area contributed by atoms with Crippen LogP contribution >= 0.6 is 0 Å². The van der Waals surface area contributed by atoms with E-state index in [2.05, 4.69) is 10.6 Å². The Labute approximate surface area is 137 Å². The van der Waals surface area contributed by atoms with Crippen LogP contribution in [0.5, 0.6) is 0 Å². The molecule has 0 radical (unpaired) electrons. The highest BCUT2D eigenvalue weighted by atomic mass is 16.6. The van der Waals surface area contributed by atoms with Crippen molar-refractivity contribution in [1.29, 1.82) is 0 Å². The van der Waals surface area contributed by atoms with Gasteiger partial charge < -0.3 is 20.1 Å². The number of aryl methyl sites for hydroxylation is 1. The number of carbonyl (C=O) groups excluding carboxylic acids is 2. The molecule has 2 amide bonds. The molecule has 0 bridgehead atoms. The summed E-state index contributed by atoms with van der Waals surface area (Å²) >= 11 is 0. The zero-order chi connectivity index (χ0) is 17.5. The lowest BCUT2D eigenvalue weighted by Crippen LogP contribution is -2.49. The summed E-state index contributed by atoms with van der Waals surface area (Å²) in [4.78, 5) is 24.2. The molecule has 6 heteroatoms. The summed E-state index contributed by atoms with van der Waals surface area (Å²) in [5.41, 5.74) is 1.42. The van der Waals surface area contributed by atoms with Gasteiger partial charge in [0.25, 0.3) is 0 Å². The van der Waals surface area contributed by atoms with Gasteiger partial charge in [0.2, 0.25) is 5.91 Å². The molecule has 1 aromatic carbocycles. The fraction of sp³-hybridized carbons (Fsp3) is 0.529. The topological polar surface area (TPSA) is 76.7 Å². The van der Waals surface area contributed by atoms with E-state index in [9.17, 15) is 9.59 Å². The normalized spacial score (nSPS) is 12.4. The maximum atomic E-state index is 12.3. The highest BCUT2D eigenvalue weighted by Gasteiger charge is 2.24. The summed E-state index contributed by atoms with van der Waals surface area (Å²) in [6.45, 7) is 7.36. The van der Waals surface area contributed by atoms with Gasteiger partial charge in [-0.2, -0.15) is 0 Å². The molecule has 0 aromatic heterocycles. The Kier molecular flexibility index (Phi) is 7.03. The maximum absolute atomic E-state index is 12.3. The number of alkyl carbamates (subject to hydrolysis) is 1. The van der Waals surface area contributed by atoms with Crippen molar-refractivity contribution in [3.05, 3.63) is 35.4 Å². The lowest BCUT2D eigenvalue weighted by molar-refractivity contribution is -0.124. The summed E-state index contributed by atoms with van der Waals surface area (Å²) in [7, 11) is 1.48. The molecule has 23 heavy (non-hydrogen) atoms. The Bertz CT molecular complexity index is 538. The first-order valence-electron chi connectivity index (χ1n) is 7.53. The molecule has 1 rings (SSSR count). The molecule has 0 saturated carbocycles. The van der Waals surface area contributed by atoms with Gasteiger partial charge in [0.1, 0.15) is 18.4 Å². The Hall–Kier alpha value is -2.08. The van der Waals surface area contributed by atoms with Crippen LogP contribution in [0.3, 0.4) is 0 Å². The molecule has 0 aliphatic carbocycles. The minimum absolute atomic E-state index is 0.0824. The van der Waals surface area contributed by atoms with Crippen molar-refractivity contribution in [2.24, 2.45) is 0 Å². The highest BCUT2D eigenvalue weighted by molar-refractivity contribution is 5.85. The van der Waals surface area contributed by atoms with E-state index < -0.39 is 17.7 Å². The minimum atomic E-state index is -0.735. The zero-order valence-electron chi connectivity index (χ0n) is 14.4. The first-order chi connectivity index (χ1) is 10.7. The molecule has 1 aromatic rings. The van der Waals surface area contributed by atoms with Gasteiger partial charge in [0, 0.05) is 13.5 Å². The van der Waals surface area contributed by atoms with E-state index in [1.165, 1.54) is 7.11 Å². The number of ether oxygens (including phenoxy) is 2. The molecule has 0 heterocycles. The third kappa shape index (κ3) is 7.15. The first-order valence-corrected chi connectivity index (χ1v) is 7.53. The third-order valence-corrected chi connectivity index (χ3v) is 3.08. The summed E-state index contributed by atoms with van der Waals surface area (Å²) in [5, 5.41) is 5.24. The van der Waals surface area contributed by atoms with Crippen molar-refractivity contribution in [2.45, 2.75) is 45.8 Å². The SMILES string of the molecule is COCNC(=O)[C@@H](Cc1ccccc1C)NC(=O)OC(C)(C)C. The fourth-order valence-corrected chi connectivity index (χ4v) is 1.98. The van der Waals surface area contributed by atoms with Crippen molar-refractivity contribution in [3.8, 4) is 0 Å². The molecule has 2 N–H and O–H groups in total. The van der Waals surface area contributed by atoms with Gasteiger partial charge in [-0.3, -0.25) is 4.79 Å². The molecular weight excluding hydrogens is 296 g/mol. The quantitative estimate of drug-likeness (QED) is 0.787. The van der Waals surface area contributed by atoms with Crippen LogP contribution in [-0.4, -0.2) is 37.5 Å². The second kappa shape index (κ2) is 8.53. The van der Waals surface area contributed by atoms with Crippen LogP contribution < -0.4 is 10.6 Å². The van der Waals surface area contributed by atoms with Crippen LogP contribution in [0, 0.1) is 6.92 Å². The second-order valence-corrected chi connectivity index (χ2v) is 6.30. The molecule has 0 spiro atoms. The standard InChI is InChI=1S/C17H26N2O4/c1-12-8-6-7-9-13(12)10-14(15(20)18-11-22-5)19-16(21)23-17(2,3)4/h6-9,14H,10-11H2,1-5H3,(H,18,20)(H,19,21)/t14-/m1/s1. The number of hydrogen-bond acceptors (Lipinski definition) is 4. The van der Waals surface area contributed by atoms with Crippen LogP contribution in [0.2, 0.25) is 0 Å². The molecule has 0 aliphatic heterocycles. The zero-order valence-corrected chi connectivity index (χ0v) is 14.4. The Morgan fingerprint density at radius 2 is 1.87 bits per heavy atom. The van der Waals surface area contributed by atoms with Gasteiger partial charge in [0.05, 0.1) is 0 Å². The average molecular weight is 322 g/mol. The van der Waals surface area contributed by atoms with E-state index in [1.54, 1.807) is 20.8 Å². The third-order valence-electron chi connectivity index (χ3n) is 3.08. The monoisotopic (exact) mass is 322 g/mol. The van der Waals surface area contributed by atoms with Crippen molar-refractivity contribution < 1.29 is 19.1 Å². The number of amides is 2. The number of carbonyl (C=O) groups is 2. The lowest BCUT2D eigenvalue weighted by atomic mass is 10.0. The number of hydrogen-bond donors (Lipinski definition) is 2. The minimum Gasteiger partial charge on any atom is -0.444 e. The van der Waals surface area contributed by atoms with Gasteiger partial charge in [-0.1, -0.05) is 24.3 Å². The molecule has 0 aliphatic rings. The molecule has 6 nitrogen and oxygen atoms in total. The molecule has 1 atom stereocenters. The fourth-order valence-electron chi connectivity index (χ4n) is 1.98. The maximum Gasteiger partial charge on any atom is 0.408 e.